The number of thiophene rings is 1. The standard InChI is InChI=1S/C19H16N2O3S/c1-13-4-6-14(7-5-13)18(17-3-2-12-25-17)20-19(22)15-8-10-16(11-9-15)21(23)24/h2-12,18H,1H3,(H,20,22)/t18-/m1/s1. The normalized spacial score (nSPS) is 11.7. The summed E-state index contributed by atoms with van der Waals surface area (Å²) in [6, 6.07) is 17.3. The Morgan fingerprint density at radius 1 is 1.08 bits per heavy atom. The van der Waals surface area contributed by atoms with Crippen LogP contribution in [0.4, 0.5) is 5.69 Å². The summed E-state index contributed by atoms with van der Waals surface area (Å²) in [6.45, 7) is 2.01. The molecule has 0 saturated carbocycles. The van der Waals surface area contributed by atoms with Crippen LogP contribution in [0.1, 0.15) is 32.4 Å². The lowest BCUT2D eigenvalue weighted by atomic mass is 10.0. The number of rotatable bonds is 5. The minimum atomic E-state index is -0.484. The van der Waals surface area contributed by atoms with E-state index in [2.05, 4.69) is 5.32 Å². The lowest BCUT2D eigenvalue weighted by Crippen LogP contribution is -2.28. The van der Waals surface area contributed by atoms with Crippen molar-refractivity contribution in [3.8, 4) is 0 Å². The molecule has 5 nitrogen and oxygen atoms in total. The van der Waals surface area contributed by atoms with E-state index in [4.69, 9.17) is 0 Å². The fourth-order valence-corrected chi connectivity index (χ4v) is 3.28. The van der Waals surface area contributed by atoms with Crippen LogP contribution >= 0.6 is 11.3 Å². The molecule has 0 spiro atoms. The summed E-state index contributed by atoms with van der Waals surface area (Å²) in [5.74, 6) is -0.270. The number of nitro benzene ring substituents is 1. The van der Waals surface area contributed by atoms with E-state index in [1.807, 2.05) is 48.7 Å². The number of carbonyl (C=O) groups is 1. The monoisotopic (exact) mass is 352 g/mol. The van der Waals surface area contributed by atoms with E-state index >= 15 is 0 Å². The summed E-state index contributed by atoms with van der Waals surface area (Å²) in [5, 5.41) is 15.7. The molecular formula is C19H16N2O3S. The maximum atomic E-state index is 12.6. The average molecular weight is 352 g/mol. The number of nitro groups is 1. The van der Waals surface area contributed by atoms with Crippen LogP contribution in [0.15, 0.2) is 66.0 Å². The second kappa shape index (κ2) is 7.27. The SMILES string of the molecule is Cc1ccc([C@@H](NC(=O)c2ccc([N+](=O)[O-])cc2)c2cccs2)cc1. The van der Waals surface area contributed by atoms with E-state index in [-0.39, 0.29) is 17.6 Å². The number of hydrogen-bond donors (Lipinski definition) is 1. The number of nitrogens with zero attached hydrogens (tertiary/aromatic N) is 1. The zero-order valence-electron chi connectivity index (χ0n) is 13.5. The Labute approximate surface area is 149 Å². The predicted molar refractivity (Wildman–Crippen MR) is 97.9 cm³/mol. The van der Waals surface area contributed by atoms with Gasteiger partial charge in [0, 0.05) is 22.6 Å². The highest BCUT2D eigenvalue weighted by Gasteiger charge is 2.19. The van der Waals surface area contributed by atoms with Crippen LogP contribution in [-0.4, -0.2) is 10.8 Å². The van der Waals surface area contributed by atoms with Gasteiger partial charge in [0.1, 0.15) is 0 Å². The summed E-state index contributed by atoms with van der Waals surface area (Å²) in [4.78, 5) is 23.9. The fourth-order valence-electron chi connectivity index (χ4n) is 2.48. The van der Waals surface area contributed by atoms with Crippen LogP contribution in [-0.2, 0) is 0 Å². The molecule has 0 fully saturated rings. The van der Waals surface area contributed by atoms with Crippen molar-refractivity contribution in [1.82, 2.24) is 5.32 Å². The van der Waals surface area contributed by atoms with Crippen molar-refractivity contribution in [2.75, 3.05) is 0 Å². The van der Waals surface area contributed by atoms with E-state index in [1.165, 1.54) is 24.3 Å². The highest BCUT2D eigenvalue weighted by molar-refractivity contribution is 7.10. The van der Waals surface area contributed by atoms with E-state index in [9.17, 15) is 14.9 Å². The molecule has 0 aliphatic carbocycles. The molecule has 126 valence electrons. The second-order valence-corrected chi connectivity index (χ2v) is 6.62. The van der Waals surface area contributed by atoms with Crippen LogP contribution in [0, 0.1) is 17.0 Å². The van der Waals surface area contributed by atoms with Gasteiger partial charge >= 0.3 is 0 Å². The minimum absolute atomic E-state index is 0.0371. The Bertz CT molecular complexity index is 872. The Balaban J connectivity index is 1.86. The van der Waals surface area contributed by atoms with Crippen LogP contribution in [0.3, 0.4) is 0 Å². The molecule has 2 aromatic carbocycles. The third-order valence-corrected chi connectivity index (χ3v) is 4.79. The Hall–Kier alpha value is -2.99. The number of amides is 1. The van der Waals surface area contributed by atoms with Crippen LogP contribution < -0.4 is 5.32 Å². The summed E-state index contributed by atoms with van der Waals surface area (Å²) in [5.41, 5.74) is 2.49. The predicted octanol–water partition coefficient (Wildman–Crippen LogP) is 4.48. The van der Waals surface area contributed by atoms with Crippen molar-refractivity contribution in [3.63, 3.8) is 0 Å². The Morgan fingerprint density at radius 2 is 1.76 bits per heavy atom. The lowest BCUT2D eigenvalue weighted by molar-refractivity contribution is -0.384. The van der Waals surface area contributed by atoms with Crippen molar-refractivity contribution in [2.24, 2.45) is 0 Å². The molecule has 1 amide bonds. The van der Waals surface area contributed by atoms with Crippen molar-refractivity contribution < 1.29 is 9.72 Å². The van der Waals surface area contributed by atoms with Gasteiger partial charge in [0.25, 0.3) is 11.6 Å². The van der Waals surface area contributed by atoms with Gasteiger partial charge in [-0.2, -0.15) is 0 Å². The molecule has 1 heterocycles. The van der Waals surface area contributed by atoms with Crippen LogP contribution in [0.25, 0.3) is 0 Å². The number of carbonyl (C=O) groups excluding carboxylic acids is 1. The number of non-ortho nitro benzene ring substituents is 1. The molecular weight excluding hydrogens is 336 g/mol. The van der Waals surface area contributed by atoms with Gasteiger partial charge in [-0.1, -0.05) is 35.9 Å². The Morgan fingerprint density at radius 3 is 2.32 bits per heavy atom. The number of nitrogens with one attached hydrogen (secondary N) is 1. The van der Waals surface area contributed by atoms with Crippen molar-refractivity contribution in [1.29, 1.82) is 0 Å². The smallest absolute Gasteiger partial charge is 0.269 e. The first kappa shape index (κ1) is 16.9. The Kier molecular flexibility index (Phi) is 4.90. The largest absolute Gasteiger partial charge is 0.340 e. The molecule has 0 aliphatic rings. The quantitative estimate of drug-likeness (QED) is 0.543. The van der Waals surface area contributed by atoms with Gasteiger partial charge in [0.05, 0.1) is 11.0 Å². The molecule has 3 aromatic rings. The third-order valence-electron chi connectivity index (χ3n) is 3.85. The average Bonchev–Trinajstić information content (AvgIpc) is 3.15. The van der Waals surface area contributed by atoms with Crippen molar-refractivity contribution in [2.45, 2.75) is 13.0 Å². The summed E-state index contributed by atoms with van der Waals surface area (Å²) in [7, 11) is 0. The highest BCUT2D eigenvalue weighted by atomic mass is 32.1. The first-order chi connectivity index (χ1) is 12.0. The molecule has 25 heavy (non-hydrogen) atoms. The van der Waals surface area contributed by atoms with Crippen LogP contribution in [0.2, 0.25) is 0 Å². The summed E-state index contributed by atoms with van der Waals surface area (Å²) in [6.07, 6.45) is 0. The van der Waals surface area contributed by atoms with Crippen LogP contribution in [0.5, 0.6) is 0 Å². The molecule has 0 unspecified atom stereocenters. The molecule has 0 radical (unpaired) electrons. The maximum Gasteiger partial charge on any atom is 0.269 e. The van der Waals surface area contributed by atoms with E-state index in [0.29, 0.717) is 5.56 Å². The van der Waals surface area contributed by atoms with Crippen molar-refractivity contribution in [3.05, 3.63) is 97.7 Å². The van der Waals surface area contributed by atoms with Gasteiger partial charge in [-0.25, -0.2) is 0 Å². The van der Waals surface area contributed by atoms with Gasteiger partial charge in [0.2, 0.25) is 0 Å². The molecule has 1 atom stereocenters. The van der Waals surface area contributed by atoms with Gasteiger partial charge in [-0.05, 0) is 36.1 Å². The third kappa shape index (κ3) is 3.92. The van der Waals surface area contributed by atoms with Gasteiger partial charge < -0.3 is 5.32 Å². The highest BCUT2D eigenvalue weighted by Crippen LogP contribution is 2.27. The first-order valence-corrected chi connectivity index (χ1v) is 8.58. The maximum absolute atomic E-state index is 12.6. The van der Waals surface area contributed by atoms with Crippen molar-refractivity contribution >= 4 is 22.9 Å². The van der Waals surface area contributed by atoms with Gasteiger partial charge in [-0.3, -0.25) is 14.9 Å². The molecule has 1 aromatic heterocycles. The summed E-state index contributed by atoms with van der Waals surface area (Å²) < 4.78 is 0. The van der Waals surface area contributed by atoms with Gasteiger partial charge in [-0.15, -0.1) is 11.3 Å². The number of hydrogen-bond acceptors (Lipinski definition) is 4. The first-order valence-electron chi connectivity index (χ1n) is 7.70. The molecule has 1 N–H and O–H groups in total. The molecule has 6 heteroatoms. The summed E-state index contributed by atoms with van der Waals surface area (Å²) >= 11 is 1.57. The molecule has 0 bridgehead atoms. The zero-order valence-corrected chi connectivity index (χ0v) is 14.3. The van der Waals surface area contributed by atoms with E-state index in [0.717, 1.165) is 16.0 Å². The van der Waals surface area contributed by atoms with Gasteiger partial charge in [0.15, 0.2) is 0 Å². The molecule has 0 saturated heterocycles. The number of benzene rings is 2. The van der Waals surface area contributed by atoms with E-state index in [1.54, 1.807) is 11.3 Å². The molecule has 0 aliphatic heterocycles. The fraction of sp³-hybridized carbons (Fsp3) is 0.105. The van der Waals surface area contributed by atoms with E-state index < -0.39 is 4.92 Å². The lowest BCUT2D eigenvalue weighted by Gasteiger charge is -2.18. The number of aryl methyl sites for hydroxylation is 1. The minimum Gasteiger partial charge on any atom is -0.340 e. The second-order valence-electron chi connectivity index (χ2n) is 5.64. The topological polar surface area (TPSA) is 72.2 Å². The zero-order chi connectivity index (χ0) is 17.8. The molecule has 3 rings (SSSR count).